The molecule has 2 heterocycles. The number of benzene rings is 1. The Morgan fingerprint density at radius 3 is 2.67 bits per heavy atom. The number of fused-ring (bicyclic) bond motifs is 1. The van der Waals surface area contributed by atoms with Crippen molar-refractivity contribution in [3.05, 3.63) is 35.0 Å². The number of aromatic nitrogens is 1. The number of aryl methyl sites for hydroxylation is 2. The van der Waals surface area contributed by atoms with Gasteiger partial charge < -0.3 is 10.7 Å². The van der Waals surface area contributed by atoms with Crippen LogP contribution in [0.3, 0.4) is 0 Å². The van der Waals surface area contributed by atoms with Gasteiger partial charge in [-0.2, -0.15) is 0 Å². The first-order chi connectivity index (χ1) is 10.0. The van der Waals surface area contributed by atoms with E-state index in [1.165, 1.54) is 27.7 Å². The van der Waals surface area contributed by atoms with Crippen LogP contribution in [0.5, 0.6) is 0 Å². The molecule has 3 rings (SSSR count). The van der Waals surface area contributed by atoms with Crippen LogP contribution in [0, 0.1) is 19.8 Å². The van der Waals surface area contributed by atoms with Crippen molar-refractivity contribution in [2.24, 2.45) is 11.7 Å². The molecule has 1 aliphatic heterocycles. The van der Waals surface area contributed by atoms with E-state index in [1.807, 2.05) is 0 Å². The Kier molecular flexibility index (Phi) is 3.72. The summed E-state index contributed by atoms with van der Waals surface area (Å²) in [6.07, 6.45) is 1.77. The Bertz CT molecular complexity index is 666. The standard InChI is InChI=1S/C17H23N3O/c1-11-7-12(2)15-9-14(19-16(15)8-11)10-20-5-3-13(4-6-20)17(18)21/h7-9,13,19H,3-6,10H2,1-2H3,(H2,18,21). The summed E-state index contributed by atoms with van der Waals surface area (Å²) in [5.74, 6) is -0.0831. The number of aromatic amines is 1. The molecule has 3 N–H and O–H groups in total. The molecule has 1 fully saturated rings. The van der Waals surface area contributed by atoms with E-state index in [0.717, 1.165) is 32.5 Å². The summed E-state index contributed by atoms with van der Waals surface area (Å²) in [5, 5.41) is 1.31. The SMILES string of the molecule is Cc1cc(C)c2cc(CN3CCC(C(N)=O)CC3)[nH]c2c1. The van der Waals surface area contributed by atoms with E-state index < -0.39 is 0 Å². The molecule has 1 saturated heterocycles. The minimum absolute atomic E-state index is 0.0638. The molecule has 0 radical (unpaired) electrons. The molecule has 0 saturated carbocycles. The average Bonchev–Trinajstić information content (AvgIpc) is 2.82. The number of nitrogens with one attached hydrogen (secondary N) is 1. The number of rotatable bonds is 3. The number of likely N-dealkylation sites (tertiary alicyclic amines) is 1. The molecule has 0 unspecified atom stereocenters. The van der Waals surface area contributed by atoms with Gasteiger partial charge in [0.05, 0.1) is 0 Å². The molecule has 112 valence electrons. The smallest absolute Gasteiger partial charge is 0.220 e. The fraction of sp³-hybridized carbons (Fsp3) is 0.471. The maximum absolute atomic E-state index is 11.2. The molecule has 4 heteroatoms. The Morgan fingerprint density at radius 1 is 1.29 bits per heavy atom. The second-order valence-corrected chi connectivity index (χ2v) is 6.29. The third-order valence-electron chi connectivity index (χ3n) is 4.53. The third-order valence-corrected chi connectivity index (χ3v) is 4.53. The highest BCUT2D eigenvalue weighted by Gasteiger charge is 2.23. The molecule has 0 bridgehead atoms. The number of nitrogens with two attached hydrogens (primary N) is 1. The number of hydrogen-bond donors (Lipinski definition) is 2. The lowest BCUT2D eigenvalue weighted by Crippen LogP contribution is -2.38. The zero-order valence-corrected chi connectivity index (χ0v) is 12.8. The fourth-order valence-corrected chi connectivity index (χ4v) is 3.36. The first-order valence-corrected chi connectivity index (χ1v) is 7.63. The molecule has 1 aromatic carbocycles. The highest BCUT2D eigenvalue weighted by atomic mass is 16.1. The molecule has 0 aliphatic carbocycles. The van der Waals surface area contributed by atoms with Gasteiger partial charge in [0, 0.05) is 29.1 Å². The van der Waals surface area contributed by atoms with Gasteiger partial charge in [-0.3, -0.25) is 9.69 Å². The van der Waals surface area contributed by atoms with Crippen molar-refractivity contribution < 1.29 is 4.79 Å². The molecule has 2 aromatic rings. The minimum Gasteiger partial charge on any atom is -0.369 e. The third kappa shape index (κ3) is 2.95. The van der Waals surface area contributed by atoms with E-state index in [0.29, 0.717) is 0 Å². The molecule has 0 spiro atoms. The molecule has 0 atom stereocenters. The van der Waals surface area contributed by atoms with E-state index in [-0.39, 0.29) is 11.8 Å². The maximum Gasteiger partial charge on any atom is 0.220 e. The van der Waals surface area contributed by atoms with Gasteiger partial charge >= 0.3 is 0 Å². The summed E-state index contributed by atoms with van der Waals surface area (Å²) >= 11 is 0. The van der Waals surface area contributed by atoms with Crippen LogP contribution in [0.1, 0.15) is 29.7 Å². The number of hydrogen-bond acceptors (Lipinski definition) is 2. The van der Waals surface area contributed by atoms with Gasteiger partial charge in [0.2, 0.25) is 5.91 Å². The van der Waals surface area contributed by atoms with Crippen LogP contribution in [-0.2, 0) is 11.3 Å². The fourth-order valence-electron chi connectivity index (χ4n) is 3.36. The van der Waals surface area contributed by atoms with Crippen LogP contribution >= 0.6 is 0 Å². The zero-order chi connectivity index (χ0) is 15.0. The van der Waals surface area contributed by atoms with E-state index in [1.54, 1.807) is 0 Å². The Labute approximate surface area is 125 Å². The van der Waals surface area contributed by atoms with Gasteiger partial charge in [0.15, 0.2) is 0 Å². The summed E-state index contributed by atoms with van der Waals surface area (Å²) < 4.78 is 0. The molecule has 1 aliphatic rings. The van der Waals surface area contributed by atoms with Crippen LogP contribution in [-0.4, -0.2) is 28.9 Å². The number of primary amides is 1. The lowest BCUT2D eigenvalue weighted by molar-refractivity contribution is -0.123. The van der Waals surface area contributed by atoms with Gasteiger partial charge in [-0.05, 0) is 63.0 Å². The normalized spacial score (nSPS) is 17.4. The molecule has 21 heavy (non-hydrogen) atoms. The van der Waals surface area contributed by atoms with Crippen LogP contribution < -0.4 is 5.73 Å². The average molecular weight is 285 g/mol. The Hall–Kier alpha value is -1.81. The number of amides is 1. The number of H-pyrrole nitrogens is 1. The molecule has 1 aromatic heterocycles. The van der Waals surface area contributed by atoms with Crippen molar-refractivity contribution in [2.45, 2.75) is 33.2 Å². The second-order valence-electron chi connectivity index (χ2n) is 6.29. The van der Waals surface area contributed by atoms with Gasteiger partial charge in [0.25, 0.3) is 0 Å². The van der Waals surface area contributed by atoms with Crippen molar-refractivity contribution >= 4 is 16.8 Å². The number of carbonyl (C=O) groups is 1. The van der Waals surface area contributed by atoms with Gasteiger partial charge in [0.1, 0.15) is 0 Å². The maximum atomic E-state index is 11.2. The van der Waals surface area contributed by atoms with Crippen LogP contribution in [0.4, 0.5) is 0 Å². The molecule has 1 amide bonds. The molecule has 4 nitrogen and oxygen atoms in total. The second kappa shape index (κ2) is 5.53. The van der Waals surface area contributed by atoms with E-state index in [9.17, 15) is 4.79 Å². The quantitative estimate of drug-likeness (QED) is 0.910. The van der Waals surface area contributed by atoms with Crippen molar-refractivity contribution in [2.75, 3.05) is 13.1 Å². The summed E-state index contributed by atoms with van der Waals surface area (Å²) in [6, 6.07) is 6.67. The number of nitrogens with zero attached hydrogens (tertiary/aromatic N) is 1. The summed E-state index contributed by atoms with van der Waals surface area (Å²) in [5.41, 5.74) is 10.5. The molecular weight excluding hydrogens is 262 g/mol. The van der Waals surface area contributed by atoms with E-state index in [4.69, 9.17) is 5.73 Å². The summed E-state index contributed by atoms with van der Waals surface area (Å²) in [4.78, 5) is 17.1. The monoisotopic (exact) mass is 285 g/mol. The van der Waals surface area contributed by atoms with Crippen LogP contribution in [0.25, 0.3) is 10.9 Å². The predicted molar refractivity (Wildman–Crippen MR) is 85.0 cm³/mol. The van der Waals surface area contributed by atoms with Crippen molar-refractivity contribution in [3.63, 3.8) is 0 Å². The Morgan fingerprint density at radius 2 is 2.00 bits per heavy atom. The van der Waals surface area contributed by atoms with Crippen molar-refractivity contribution in [1.82, 2.24) is 9.88 Å². The predicted octanol–water partition coefficient (Wildman–Crippen LogP) is 2.48. The lowest BCUT2D eigenvalue weighted by atomic mass is 9.96. The van der Waals surface area contributed by atoms with Crippen molar-refractivity contribution in [1.29, 1.82) is 0 Å². The minimum atomic E-state index is -0.147. The molecular formula is C17H23N3O. The lowest BCUT2D eigenvalue weighted by Gasteiger charge is -2.30. The highest BCUT2D eigenvalue weighted by Crippen LogP contribution is 2.24. The van der Waals surface area contributed by atoms with E-state index >= 15 is 0 Å². The number of carbonyl (C=O) groups excluding carboxylic acids is 1. The Balaban J connectivity index is 1.71. The topological polar surface area (TPSA) is 62.1 Å². The van der Waals surface area contributed by atoms with Crippen LogP contribution in [0.15, 0.2) is 18.2 Å². The van der Waals surface area contributed by atoms with E-state index in [2.05, 4.69) is 41.9 Å². The first-order valence-electron chi connectivity index (χ1n) is 7.63. The zero-order valence-electron chi connectivity index (χ0n) is 12.8. The van der Waals surface area contributed by atoms with Gasteiger partial charge in [-0.25, -0.2) is 0 Å². The largest absolute Gasteiger partial charge is 0.369 e. The van der Waals surface area contributed by atoms with Gasteiger partial charge in [-0.15, -0.1) is 0 Å². The number of piperidine rings is 1. The summed E-state index contributed by atoms with van der Waals surface area (Å²) in [7, 11) is 0. The van der Waals surface area contributed by atoms with Gasteiger partial charge in [-0.1, -0.05) is 6.07 Å². The highest BCUT2D eigenvalue weighted by molar-refractivity contribution is 5.84. The van der Waals surface area contributed by atoms with Crippen LogP contribution in [0.2, 0.25) is 0 Å². The van der Waals surface area contributed by atoms with Crippen molar-refractivity contribution in [3.8, 4) is 0 Å². The first kappa shape index (κ1) is 14.1. The summed E-state index contributed by atoms with van der Waals surface area (Å²) in [6.45, 7) is 7.09.